The number of amides is 1. The summed E-state index contributed by atoms with van der Waals surface area (Å²) in [5.41, 5.74) is 1.05. The molecule has 2 aliphatic rings. The normalized spacial score (nSPS) is 18.1. The molecule has 19 heavy (non-hydrogen) atoms. The zero-order chi connectivity index (χ0) is 13.7. The number of carbonyl (C=O) groups is 1. The number of nitrogens with one attached hydrogen (secondary N) is 1. The van der Waals surface area contributed by atoms with Gasteiger partial charge in [-0.3, -0.25) is 9.69 Å². The van der Waals surface area contributed by atoms with E-state index in [9.17, 15) is 4.79 Å². The zero-order valence-corrected chi connectivity index (χ0v) is 11.9. The van der Waals surface area contributed by atoms with E-state index in [0.717, 1.165) is 24.5 Å². The molecule has 2 aliphatic heterocycles. The molecular weight excluding hydrogens is 238 g/mol. The van der Waals surface area contributed by atoms with E-state index in [1.165, 1.54) is 19.5 Å². The number of anilines is 1. The average molecular weight is 261 g/mol. The fourth-order valence-electron chi connectivity index (χ4n) is 1.98. The molecule has 4 nitrogen and oxygen atoms in total. The molecule has 0 atom stereocenters. The van der Waals surface area contributed by atoms with Gasteiger partial charge in [-0.15, -0.1) is 0 Å². The molecule has 2 fully saturated rings. The quantitative estimate of drug-likeness (QED) is 0.888. The van der Waals surface area contributed by atoms with Crippen molar-refractivity contribution in [2.75, 3.05) is 24.5 Å². The van der Waals surface area contributed by atoms with Crippen molar-refractivity contribution in [2.24, 2.45) is 0 Å². The fourth-order valence-corrected chi connectivity index (χ4v) is 1.98. The summed E-state index contributed by atoms with van der Waals surface area (Å²) in [4.78, 5) is 17.8. The van der Waals surface area contributed by atoms with Crippen LogP contribution in [0.5, 0.6) is 0 Å². The first kappa shape index (κ1) is 14.0. The van der Waals surface area contributed by atoms with Gasteiger partial charge in [-0.1, -0.05) is 19.9 Å². The van der Waals surface area contributed by atoms with Crippen molar-refractivity contribution in [3.05, 3.63) is 23.9 Å². The SMILES string of the molecule is C1CNC1.CC(C)c1cccc(N2CCCC2=O)n1. The van der Waals surface area contributed by atoms with E-state index in [-0.39, 0.29) is 5.91 Å². The molecule has 3 heterocycles. The van der Waals surface area contributed by atoms with Gasteiger partial charge in [-0.25, -0.2) is 4.98 Å². The highest BCUT2D eigenvalue weighted by molar-refractivity contribution is 5.94. The van der Waals surface area contributed by atoms with Crippen LogP contribution in [0.4, 0.5) is 5.82 Å². The molecule has 0 radical (unpaired) electrons. The average Bonchev–Trinajstić information content (AvgIpc) is 2.73. The lowest BCUT2D eigenvalue weighted by Gasteiger charge is -2.16. The van der Waals surface area contributed by atoms with Crippen LogP contribution in [0, 0.1) is 0 Å². The van der Waals surface area contributed by atoms with Gasteiger partial charge in [0.2, 0.25) is 5.91 Å². The first-order valence-corrected chi connectivity index (χ1v) is 7.16. The number of carbonyl (C=O) groups excluding carboxylic acids is 1. The van der Waals surface area contributed by atoms with E-state index in [1.807, 2.05) is 18.2 Å². The van der Waals surface area contributed by atoms with E-state index >= 15 is 0 Å². The van der Waals surface area contributed by atoms with Crippen molar-refractivity contribution in [3.8, 4) is 0 Å². The van der Waals surface area contributed by atoms with Crippen molar-refractivity contribution >= 4 is 11.7 Å². The van der Waals surface area contributed by atoms with Crippen molar-refractivity contribution in [3.63, 3.8) is 0 Å². The number of nitrogens with zero attached hydrogens (tertiary/aromatic N) is 2. The van der Waals surface area contributed by atoms with E-state index < -0.39 is 0 Å². The van der Waals surface area contributed by atoms with Gasteiger partial charge >= 0.3 is 0 Å². The van der Waals surface area contributed by atoms with Gasteiger partial charge in [0.25, 0.3) is 0 Å². The van der Waals surface area contributed by atoms with E-state index in [2.05, 4.69) is 24.1 Å². The minimum absolute atomic E-state index is 0.198. The van der Waals surface area contributed by atoms with Gasteiger partial charge in [0.05, 0.1) is 0 Å². The zero-order valence-electron chi connectivity index (χ0n) is 11.9. The van der Waals surface area contributed by atoms with Crippen LogP contribution in [0.2, 0.25) is 0 Å². The van der Waals surface area contributed by atoms with Crippen LogP contribution in [0.1, 0.15) is 44.7 Å². The van der Waals surface area contributed by atoms with Gasteiger partial charge in [0.1, 0.15) is 5.82 Å². The predicted molar refractivity (Wildman–Crippen MR) is 77.4 cm³/mol. The molecule has 0 spiro atoms. The molecule has 0 unspecified atom stereocenters. The van der Waals surface area contributed by atoms with Crippen molar-refractivity contribution in [2.45, 2.75) is 39.0 Å². The summed E-state index contributed by atoms with van der Waals surface area (Å²) in [6.07, 6.45) is 3.00. The second-order valence-corrected chi connectivity index (χ2v) is 5.33. The van der Waals surface area contributed by atoms with Crippen LogP contribution in [-0.4, -0.2) is 30.5 Å². The molecule has 0 aromatic carbocycles. The Kier molecular flexibility index (Phi) is 4.91. The lowest BCUT2D eigenvalue weighted by Crippen LogP contribution is -2.29. The summed E-state index contributed by atoms with van der Waals surface area (Å²) in [5, 5.41) is 3.11. The van der Waals surface area contributed by atoms with Crippen molar-refractivity contribution < 1.29 is 4.79 Å². The molecule has 2 saturated heterocycles. The largest absolute Gasteiger partial charge is 0.317 e. The second kappa shape index (κ2) is 6.66. The van der Waals surface area contributed by atoms with E-state index in [0.29, 0.717) is 12.3 Å². The molecule has 0 saturated carbocycles. The third-order valence-electron chi connectivity index (χ3n) is 3.40. The summed E-state index contributed by atoms with van der Waals surface area (Å²) in [6.45, 7) is 7.53. The summed E-state index contributed by atoms with van der Waals surface area (Å²) in [5.74, 6) is 1.41. The van der Waals surface area contributed by atoms with Gasteiger partial charge in [-0.2, -0.15) is 0 Å². The smallest absolute Gasteiger partial charge is 0.228 e. The first-order chi connectivity index (χ1) is 9.18. The number of aromatic nitrogens is 1. The summed E-state index contributed by atoms with van der Waals surface area (Å²) in [6, 6.07) is 5.90. The van der Waals surface area contributed by atoms with Gasteiger partial charge in [0, 0.05) is 18.7 Å². The van der Waals surface area contributed by atoms with Crippen molar-refractivity contribution in [1.29, 1.82) is 0 Å². The van der Waals surface area contributed by atoms with Crippen LogP contribution in [-0.2, 0) is 4.79 Å². The Labute approximate surface area is 115 Å². The molecule has 1 N–H and O–H groups in total. The van der Waals surface area contributed by atoms with Gasteiger partial charge < -0.3 is 5.32 Å². The van der Waals surface area contributed by atoms with Crippen molar-refractivity contribution in [1.82, 2.24) is 10.3 Å². The Morgan fingerprint density at radius 1 is 1.26 bits per heavy atom. The molecule has 0 bridgehead atoms. The molecule has 4 heteroatoms. The van der Waals surface area contributed by atoms with Crippen LogP contribution in [0.3, 0.4) is 0 Å². The maximum atomic E-state index is 11.5. The van der Waals surface area contributed by atoms with E-state index in [4.69, 9.17) is 0 Å². The Balaban J connectivity index is 0.000000284. The van der Waals surface area contributed by atoms with Crippen LogP contribution < -0.4 is 10.2 Å². The Hall–Kier alpha value is -1.42. The Bertz CT molecular complexity index is 423. The molecule has 1 aromatic rings. The number of rotatable bonds is 2. The van der Waals surface area contributed by atoms with Crippen LogP contribution in [0.15, 0.2) is 18.2 Å². The monoisotopic (exact) mass is 261 g/mol. The van der Waals surface area contributed by atoms with Crippen LogP contribution in [0.25, 0.3) is 0 Å². The standard InChI is InChI=1S/C12H16N2O.C3H7N/c1-9(2)10-5-3-6-11(13-10)14-8-4-7-12(14)15;1-2-4-3-1/h3,5-6,9H,4,7-8H2,1-2H3;4H,1-3H2. The molecule has 1 aromatic heterocycles. The molecule has 104 valence electrons. The van der Waals surface area contributed by atoms with Crippen LogP contribution >= 0.6 is 0 Å². The second-order valence-electron chi connectivity index (χ2n) is 5.33. The first-order valence-electron chi connectivity index (χ1n) is 7.16. The number of pyridine rings is 1. The summed E-state index contributed by atoms with van der Waals surface area (Å²) in [7, 11) is 0. The highest BCUT2D eigenvalue weighted by atomic mass is 16.2. The van der Waals surface area contributed by atoms with E-state index in [1.54, 1.807) is 4.90 Å². The lowest BCUT2D eigenvalue weighted by molar-refractivity contribution is -0.117. The molecule has 0 aliphatic carbocycles. The number of hydrogen-bond acceptors (Lipinski definition) is 3. The predicted octanol–water partition coefficient (Wildman–Crippen LogP) is 2.31. The fraction of sp³-hybridized carbons (Fsp3) is 0.600. The highest BCUT2D eigenvalue weighted by Crippen LogP contribution is 2.21. The Morgan fingerprint density at radius 2 is 1.95 bits per heavy atom. The Morgan fingerprint density at radius 3 is 2.42 bits per heavy atom. The highest BCUT2D eigenvalue weighted by Gasteiger charge is 2.22. The third-order valence-corrected chi connectivity index (χ3v) is 3.40. The summed E-state index contributed by atoms with van der Waals surface area (Å²) < 4.78 is 0. The van der Waals surface area contributed by atoms with Gasteiger partial charge in [-0.05, 0) is 44.0 Å². The maximum Gasteiger partial charge on any atom is 0.228 e. The number of hydrogen-bond donors (Lipinski definition) is 1. The molecule has 1 amide bonds. The minimum Gasteiger partial charge on any atom is -0.317 e. The van der Waals surface area contributed by atoms with Gasteiger partial charge in [0.15, 0.2) is 0 Å². The third kappa shape index (κ3) is 3.77. The molecular formula is C15H23N3O. The maximum absolute atomic E-state index is 11.5. The minimum atomic E-state index is 0.198. The summed E-state index contributed by atoms with van der Waals surface area (Å²) >= 11 is 0. The topological polar surface area (TPSA) is 45.2 Å². The lowest BCUT2D eigenvalue weighted by atomic mass is 10.1. The molecule has 3 rings (SSSR count).